The number of hydrogen-bond donors (Lipinski definition) is 7. The second-order valence-corrected chi connectivity index (χ2v) is 14.9. The third kappa shape index (κ3) is 29.5. The summed E-state index contributed by atoms with van der Waals surface area (Å²) in [6.07, 6.45) is 2.78. The van der Waals surface area contributed by atoms with Crippen molar-refractivity contribution in [2.75, 3.05) is 111 Å². The maximum absolute atomic E-state index is 13.4. The number of ether oxygens (including phenoxy) is 8. The molecule has 2 aromatic rings. The summed E-state index contributed by atoms with van der Waals surface area (Å²) in [7, 11) is 0. The van der Waals surface area contributed by atoms with E-state index in [9.17, 15) is 24.0 Å². The molecule has 2 atom stereocenters. The predicted molar refractivity (Wildman–Crippen MR) is 238 cm³/mol. The second kappa shape index (κ2) is 37.1. The van der Waals surface area contributed by atoms with Gasteiger partial charge < -0.3 is 70.2 Å². The maximum atomic E-state index is 13.4. The van der Waals surface area contributed by atoms with E-state index in [0.29, 0.717) is 122 Å². The SMILES string of the molecule is CCCOCCOCCOCCOCCOCCOCCOCCn1cc(CNC(=O)OCc2ccc(NC(=O)[C@H](CCCNC(N)=O)NC(=O)[C@H](CC(C)C)NC(=O)CON)cc2)nn1. The Bertz CT molecular complexity index is 1620. The Kier molecular flexibility index (Phi) is 32.1. The van der Waals surface area contributed by atoms with Gasteiger partial charge in [0.1, 0.15) is 31.0 Å². The number of anilines is 1. The van der Waals surface area contributed by atoms with Crippen molar-refractivity contribution in [1.29, 1.82) is 0 Å². The Morgan fingerprint density at radius 2 is 1.27 bits per heavy atom. The zero-order valence-corrected chi connectivity index (χ0v) is 38.6. The van der Waals surface area contributed by atoms with Crippen molar-refractivity contribution in [1.82, 2.24) is 36.3 Å². The summed E-state index contributed by atoms with van der Waals surface area (Å²) >= 11 is 0. The van der Waals surface area contributed by atoms with Crippen LogP contribution in [0.4, 0.5) is 15.3 Å². The average molecular weight is 941 g/mol. The molecule has 6 amide bonds. The predicted octanol–water partition coefficient (Wildman–Crippen LogP) is 0.524. The standard InChI is InChI=1S/C42H72N10O14/c1-4-13-58-15-17-60-19-21-62-23-25-64-26-24-63-22-20-61-18-16-59-14-12-52-29-35(50-51-52)28-46-42(57)65-30-33-7-9-34(10-8-33)47-39(54)36(6-5-11-45-41(43)56)49-40(55)37(27-32(2)3)48-38(53)31-66-44/h7-10,29,32,36-37H,4-6,11-28,30-31,44H2,1-3H3,(H,46,57)(H,47,54)(H,48,53)(H,49,55)(H3,43,45,56)/t36-,37-/m0/s1. The van der Waals surface area contributed by atoms with Crippen molar-refractivity contribution >= 4 is 35.5 Å². The molecular weight excluding hydrogens is 869 g/mol. The smallest absolute Gasteiger partial charge is 0.407 e. The number of urea groups is 1. The lowest BCUT2D eigenvalue weighted by molar-refractivity contribution is -0.133. The van der Waals surface area contributed by atoms with Crippen molar-refractivity contribution in [3.8, 4) is 0 Å². The quantitative estimate of drug-likeness (QED) is 0.0354. The molecule has 66 heavy (non-hydrogen) atoms. The molecule has 1 heterocycles. The topological polar surface area (TPSA) is 311 Å². The highest BCUT2D eigenvalue weighted by molar-refractivity contribution is 5.98. The number of benzene rings is 1. The van der Waals surface area contributed by atoms with Crippen LogP contribution >= 0.6 is 0 Å². The molecule has 1 aromatic carbocycles. The van der Waals surface area contributed by atoms with Crippen molar-refractivity contribution in [3.63, 3.8) is 0 Å². The number of nitrogens with zero attached hydrogens (tertiary/aromatic N) is 3. The lowest BCUT2D eigenvalue weighted by Crippen LogP contribution is -2.53. The van der Waals surface area contributed by atoms with E-state index >= 15 is 0 Å². The number of rotatable bonds is 40. The fourth-order valence-corrected chi connectivity index (χ4v) is 5.60. The number of carbonyl (C=O) groups is 5. The Morgan fingerprint density at radius 1 is 0.712 bits per heavy atom. The van der Waals surface area contributed by atoms with Crippen LogP contribution in [0, 0.1) is 5.92 Å². The number of carbonyl (C=O) groups excluding carboxylic acids is 5. The highest BCUT2D eigenvalue weighted by Gasteiger charge is 2.27. The van der Waals surface area contributed by atoms with E-state index in [1.165, 1.54) is 0 Å². The van der Waals surface area contributed by atoms with Crippen LogP contribution in [0.25, 0.3) is 0 Å². The van der Waals surface area contributed by atoms with E-state index in [1.54, 1.807) is 35.1 Å². The summed E-state index contributed by atoms with van der Waals surface area (Å²) in [6.45, 7) is 13.1. The van der Waals surface area contributed by atoms with Gasteiger partial charge in [0.2, 0.25) is 17.7 Å². The van der Waals surface area contributed by atoms with Gasteiger partial charge in [-0.2, -0.15) is 0 Å². The number of primary amides is 1. The Labute approximate surface area is 386 Å². The van der Waals surface area contributed by atoms with Gasteiger partial charge in [-0.25, -0.2) is 20.2 Å². The number of aromatic nitrogens is 3. The van der Waals surface area contributed by atoms with Crippen LogP contribution in [0.15, 0.2) is 30.5 Å². The van der Waals surface area contributed by atoms with Crippen molar-refractivity contribution in [3.05, 3.63) is 41.7 Å². The van der Waals surface area contributed by atoms with E-state index in [2.05, 4.69) is 48.7 Å². The molecule has 1 aromatic heterocycles. The van der Waals surface area contributed by atoms with Gasteiger partial charge in [0, 0.05) is 18.8 Å². The molecule has 24 heteroatoms. The van der Waals surface area contributed by atoms with Crippen LogP contribution in [0.1, 0.15) is 57.7 Å². The largest absolute Gasteiger partial charge is 0.445 e. The van der Waals surface area contributed by atoms with Crippen molar-refractivity contribution < 1.29 is 66.7 Å². The van der Waals surface area contributed by atoms with Crippen LogP contribution in [0.5, 0.6) is 0 Å². The number of alkyl carbamates (subject to hydrolysis) is 1. The number of nitrogens with one attached hydrogen (secondary N) is 5. The lowest BCUT2D eigenvalue weighted by atomic mass is 10.0. The monoisotopic (exact) mass is 941 g/mol. The highest BCUT2D eigenvalue weighted by atomic mass is 16.6. The van der Waals surface area contributed by atoms with Gasteiger partial charge in [-0.05, 0) is 49.3 Å². The van der Waals surface area contributed by atoms with Crippen LogP contribution in [0.3, 0.4) is 0 Å². The van der Waals surface area contributed by atoms with Crippen LogP contribution in [-0.2, 0) is 76.8 Å². The van der Waals surface area contributed by atoms with Gasteiger partial charge >= 0.3 is 12.1 Å². The van der Waals surface area contributed by atoms with Gasteiger partial charge in [0.25, 0.3) is 0 Å². The molecule has 0 bridgehead atoms. The van der Waals surface area contributed by atoms with E-state index in [1.807, 2.05) is 13.8 Å². The van der Waals surface area contributed by atoms with E-state index < -0.39 is 48.5 Å². The molecule has 0 radical (unpaired) electrons. The fourth-order valence-electron chi connectivity index (χ4n) is 5.60. The third-order valence-corrected chi connectivity index (χ3v) is 8.81. The molecule has 0 fully saturated rings. The molecule has 0 spiro atoms. The molecule has 0 aliphatic carbocycles. The number of hydrogen-bond acceptors (Lipinski definition) is 17. The summed E-state index contributed by atoms with van der Waals surface area (Å²) in [6, 6.07) is 3.87. The summed E-state index contributed by atoms with van der Waals surface area (Å²) < 4.78 is 45.2. The molecule has 9 N–H and O–H groups in total. The van der Waals surface area contributed by atoms with Crippen LogP contribution in [-0.4, -0.2) is 163 Å². The molecule has 0 saturated heterocycles. The summed E-state index contributed by atoms with van der Waals surface area (Å²) in [5, 5.41) is 21.2. The van der Waals surface area contributed by atoms with Crippen LogP contribution < -0.4 is 38.2 Å². The molecule has 24 nitrogen and oxygen atoms in total. The first kappa shape index (κ1) is 57.1. The van der Waals surface area contributed by atoms with Gasteiger partial charge in [0.15, 0.2) is 0 Å². The maximum Gasteiger partial charge on any atom is 0.407 e. The molecule has 0 aliphatic heterocycles. The zero-order valence-electron chi connectivity index (χ0n) is 38.6. The lowest BCUT2D eigenvalue weighted by Gasteiger charge is -2.24. The minimum atomic E-state index is -1.03. The number of nitrogens with two attached hydrogens (primary N) is 2. The van der Waals surface area contributed by atoms with Gasteiger partial charge in [-0.3, -0.25) is 19.2 Å². The van der Waals surface area contributed by atoms with Gasteiger partial charge in [0.05, 0.1) is 105 Å². The van der Waals surface area contributed by atoms with Crippen molar-refractivity contribution in [2.24, 2.45) is 17.5 Å². The number of amides is 6. The third-order valence-electron chi connectivity index (χ3n) is 8.81. The first-order valence-electron chi connectivity index (χ1n) is 22.2. The van der Waals surface area contributed by atoms with Gasteiger partial charge in [-0.1, -0.05) is 38.1 Å². The molecule has 0 aliphatic rings. The first-order valence-corrected chi connectivity index (χ1v) is 22.2. The fraction of sp³-hybridized carbons (Fsp3) is 0.690. The minimum absolute atomic E-state index is 0.0312. The average Bonchev–Trinajstić information content (AvgIpc) is 3.75. The molecule has 2 rings (SSSR count). The normalized spacial score (nSPS) is 12.1. The second-order valence-electron chi connectivity index (χ2n) is 14.9. The summed E-state index contributed by atoms with van der Waals surface area (Å²) in [5.74, 6) is 3.33. The van der Waals surface area contributed by atoms with E-state index in [0.717, 1.165) is 13.0 Å². The Morgan fingerprint density at radius 3 is 1.80 bits per heavy atom. The summed E-state index contributed by atoms with van der Waals surface area (Å²) in [4.78, 5) is 66.6. The Balaban J connectivity index is 1.59. The minimum Gasteiger partial charge on any atom is -0.445 e. The summed E-state index contributed by atoms with van der Waals surface area (Å²) in [5.41, 5.74) is 6.73. The molecule has 0 unspecified atom stereocenters. The molecule has 374 valence electrons. The molecular formula is C42H72N10O14. The van der Waals surface area contributed by atoms with E-state index in [4.69, 9.17) is 49.5 Å². The zero-order chi connectivity index (χ0) is 48.0. The van der Waals surface area contributed by atoms with Crippen LogP contribution in [0.2, 0.25) is 0 Å². The highest BCUT2D eigenvalue weighted by Crippen LogP contribution is 2.13. The van der Waals surface area contributed by atoms with Crippen molar-refractivity contribution in [2.45, 2.75) is 78.2 Å². The molecule has 0 saturated carbocycles. The van der Waals surface area contributed by atoms with E-state index in [-0.39, 0.29) is 32.0 Å². The van der Waals surface area contributed by atoms with Gasteiger partial charge in [-0.15, -0.1) is 5.10 Å². The Hall–Kier alpha value is -5.05. The first-order chi connectivity index (χ1) is 32.0.